The van der Waals surface area contributed by atoms with Gasteiger partial charge in [0, 0.05) is 18.7 Å². The largest absolute Gasteiger partial charge is 0.502 e. The standard InChI is InChI=1S/C15H21N3O5/c1-15(2,3)23-14(20)17(11-6-7-16-9-11)10-4-5-12(18(21)22)13(19)8-10/h4-5,8,11,16,19H,6-7,9H2,1-3H3/t11-/m1/s1. The first kappa shape index (κ1) is 17.0. The van der Waals surface area contributed by atoms with E-state index in [1.807, 2.05) is 0 Å². The monoisotopic (exact) mass is 323 g/mol. The third kappa shape index (κ3) is 4.10. The summed E-state index contributed by atoms with van der Waals surface area (Å²) in [6.45, 7) is 6.66. The fourth-order valence-electron chi connectivity index (χ4n) is 2.45. The maximum Gasteiger partial charge on any atom is 0.415 e. The molecule has 1 aromatic rings. The molecule has 8 heteroatoms. The highest BCUT2D eigenvalue weighted by Gasteiger charge is 2.32. The molecule has 126 valence electrons. The molecule has 0 aromatic heterocycles. The Morgan fingerprint density at radius 3 is 2.65 bits per heavy atom. The van der Waals surface area contributed by atoms with Gasteiger partial charge in [-0.2, -0.15) is 0 Å². The predicted octanol–water partition coefficient (Wildman–Crippen LogP) is 2.40. The van der Waals surface area contributed by atoms with Crippen molar-refractivity contribution in [3.63, 3.8) is 0 Å². The number of rotatable bonds is 3. The Morgan fingerprint density at radius 2 is 2.17 bits per heavy atom. The van der Waals surface area contributed by atoms with E-state index in [0.717, 1.165) is 13.0 Å². The van der Waals surface area contributed by atoms with Gasteiger partial charge in [0.25, 0.3) is 0 Å². The summed E-state index contributed by atoms with van der Waals surface area (Å²) in [6, 6.07) is 3.72. The first-order valence-electron chi connectivity index (χ1n) is 7.39. The van der Waals surface area contributed by atoms with Crippen LogP contribution in [-0.2, 0) is 4.74 Å². The van der Waals surface area contributed by atoms with E-state index in [4.69, 9.17) is 4.74 Å². The fraction of sp³-hybridized carbons (Fsp3) is 0.533. The number of ether oxygens (including phenoxy) is 1. The highest BCUT2D eigenvalue weighted by Crippen LogP contribution is 2.32. The Balaban J connectivity index is 2.35. The molecule has 0 radical (unpaired) electrons. The van der Waals surface area contributed by atoms with E-state index in [1.54, 1.807) is 20.8 Å². The minimum Gasteiger partial charge on any atom is -0.502 e. The number of benzene rings is 1. The summed E-state index contributed by atoms with van der Waals surface area (Å²) in [7, 11) is 0. The van der Waals surface area contributed by atoms with Crippen molar-refractivity contribution in [1.82, 2.24) is 5.32 Å². The van der Waals surface area contributed by atoms with E-state index in [-0.39, 0.29) is 6.04 Å². The van der Waals surface area contributed by atoms with Crippen molar-refractivity contribution in [3.8, 4) is 5.75 Å². The van der Waals surface area contributed by atoms with Crippen LogP contribution in [0.2, 0.25) is 0 Å². The lowest BCUT2D eigenvalue weighted by Crippen LogP contribution is -2.44. The Hall–Kier alpha value is -2.35. The summed E-state index contributed by atoms with van der Waals surface area (Å²) >= 11 is 0. The van der Waals surface area contributed by atoms with Crippen molar-refractivity contribution in [1.29, 1.82) is 0 Å². The molecule has 1 amide bonds. The van der Waals surface area contributed by atoms with Gasteiger partial charge >= 0.3 is 11.8 Å². The first-order chi connectivity index (χ1) is 10.7. The minimum atomic E-state index is -0.673. The van der Waals surface area contributed by atoms with Gasteiger partial charge in [0.05, 0.1) is 16.7 Å². The number of nitrogens with one attached hydrogen (secondary N) is 1. The lowest BCUT2D eigenvalue weighted by atomic mass is 10.1. The van der Waals surface area contributed by atoms with Gasteiger partial charge in [-0.15, -0.1) is 0 Å². The molecule has 0 aliphatic carbocycles. The molecular formula is C15H21N3O5. The summed E-state index contributed by atoms with van der Waals surface area (Å²) < 4.78 is 5.43. The normalized spacial score (nSPS) is 17.8. The molecular weight excluding hydrogens is 302 g/mol. The van der Waals surface area contributed by atoms with Gasteiger partial charge in [-0.05, 0) is 39.8 Å². The van der Waals surface area contributed by atoms with Crippen LogP contribution in [0.4, 0.5) is 16.2 Å². The molecule has 1 heterocycles. The van der Waals surface area contributed by atoms with Gasteiger partial charge in [0.15, 0.2) is 5.75 Å². The molecule has 2 rings (SSSR count). The maximum absolute atomic E-state index is 12.5. The third-order valence-corrected chi connectivity index (χ3v) is 3.42. The number of hydrogen-bond donors (Lipinski definition) is 2. The van der Waals surface area contributed by atoms with Gasteiger partial charge in [-0.25, -0.2) is 4.79 Å². The molecule has 1 aliphatic heterocycles. The van der Waals surface area contributed by atoms with E-state index >= 15 is 0 Å². The zero-order valence-corrected chi connectivity index (χ0v) is 13.4. The Bertz CT molecular complexity index is 606. The number of carbonyl (C=O) groups excluding carboxylic acids is 1. The molecule has 0 bridgehead atoms. The van der Waals surface area contributed by atoms with Gasteiger partial charge in [0.1, 0.15) is 5.60 Å². The predicted molar refractivity (Wildman–Crippen MR) is 84.7 cm³/mol. The number of amides is 1. The molecule has 2 N–H and O–H groups in total. The van der Waals surface area contributed by atoms with Crippen molar-refractivity contribution >= 4 is 17.5 Å². The van der Waals surface area contributed by atoms with Crippen LogP contribution in [0.1, 0.15) is 27.2 Å². The number of phenols is 1. The third-order valence-electron chi connectivity index (χ3n) is 3.42. The smallest absolute Gasteiger partial charge is 0.415 e. The topological polar surface area (TPSA) is 105 Å². The van der Waals surface area contributed by atoms with Crippen LogP contribution in [0.15, 0.2) is 18.2 Å². The average Bonchev–Trinajstić information content (AvgIpc) is 2.90. The van der Waals surface area contributed by atoms with Gasteiger partial charge in [-0.3, -0.25) is 15.0 Å². The Morgan fingerprint density at radius 1 is 1.48 bits per heavy atom. The second-order valence-corrected chi connectivity index (χ2v) is 6.43. The van der Waals surface area contributed by atoms with Crippen molar-refractivity contribution in [3.05, 3.63) is 28.3 Å². The molecule has 0 unspecified atom stereocenters. The quantitative estimate of drug-likeness (QED) is 0.653. The lowest BCUT2D eigenvalue weighted by Gasteiger charge is -2.31. The van der Waals surface area contributed by atoms with E-state index in [0.29, 0.717) is 12.2 Å². The minimum absolute atomic E-state index is 0.134. The number of anilines is 1. The summed E-state index contributed by atoms with van der Waals surface area (Å²) in [5.74, 6) is -0.480. The van der Waals surface area contributed by atoms with Gasteiger partial charge in [0.2, 0.25) is 0 Å². The van der Waals surface area contributed by atoms with E-state index in [1.165, 1.54) is 23.1 Å². The number of hydrogen-bond acceptors (Lipinski definition) is 6. The van der Waals surface area contributed by atoms with Crippen LogP contribution < -0.4 is 10.2 Å². The van der Waals surface area contributed by atoms with E-state index in [2.05, 4.69) is 5.32 Å². The highest BCUT2D eigenvalue weighted by molar-refractivity contribution is 5.89. The number of nitro benzene ring substituents is 1. The van der Waals surface area contributed by atoms with Crippen LogP contribution >= 0.6 is 0 Å². The second-order valence-electron chi connectivity index (χ2n) is 6.43. The molecule has 1 saturated heterocycles. The van der Waals surface area contributed by atoms with Crippen LogP contribution in [0.25, 0.3) is 0 Å². The molecule has 1 aromatic carbocycles. The van der Waals surface area contributed by atoms with Crippen molar-refractivity contribution in [2.24, 2.45) is 0 Å². The van der Waals surface area contributed by atoms with Gasteiger partial charge in [-0.1, -0.05) is 0 Å². The Labute approximate surface area is 134 Å². The summed E-state index contributed by atoms with van der Waals surface area (Å²) in [5, 5.41) is 23.8. The van der Waals surface area contributed by atoms with Crippen LogP contribution in [0, 0.1) is 10.1 Å². The summed E-state index contributed by atoms with van der Waals surface area (Å²) in [6.07, 6.45) is 0.191. The maximum atomic E-state index is 12.5. The van der Waals surface area contributed by atoms with Crippen LogP contribution in [0.5, 0.6) is 5.75 Å². The highest BCUT2D eigenvalue weighted by atomic mass is 16.6. The number of nitrogens with zero attached hydrogens (tertiary/aromatic N) is 2. The lowest BCUT2D eigenvalue weighted by molar-refractivity contribution is -0.385. The van der Waals surface area contributed by atoms with Crippen molar-refractivity contribution in [2.75, 3.05) is 18.0 Å². The summed E-state index contributed by atoms with van der Waals surface area (Å²) in [4.78, 5) is 24.1. The molecule has 0 spiro atoms. The zero-order valence-electron chi connectivity index (χ0n) is 13.4. The van der Waals surface area contributed by atoms with Crippen molar-refractivity contribution in [2.45, 2.75) is 38.8 Å². The fourth-order valence-corrected chi connectivity index (χ4v) is 2.45. The molecule has 23 heavy (non-hydrogen) atoms. The molecule has 1 atom stereocenters. The van der Waals surface area contributed by atoms with E-state index in [9.17, 15) is 20.0 Å². The number of carbonyl (C=O) groups is 1. The average molecular weight is 323 g/mol. The number of nitro groups is 1. The molecule has 0 saturated carbocycles. The molecule has 1 fully saturated rings. The second kappa shape index (κ2) is 6.41. The number of aromatic hydroxyl groups is 1. The van der Waals surface area contributed by atoms with Crippen molar-refractivity contribution < 1.29 is 19.6 Å². The Kier molecular flexibility index (Phi) is 4.74. The van der Waals surface area contributed by atoms with E-state index < -0.39 is 28.1 Å². The van der Waals surface area contributed by atoms with Gasteiger partial charge < -0.3 is 15.2 Å². The molecule has 8 nitrogen and oxygen atoms in total. The zero-order chi connectivity index (χ0) is 17.2. The van der Waals surface area contributed by atoms with Crippen LogP contribution in [0.3, 0.4) is 0 Å². The number of phenolic OH excluding ortho intramolecular Hbond substituents is 1. The molecule has 1 aliphatic rings. The summed E-state index contributed by atoms with van der Waals surface area (Å²) in [5.41, 5.74) is -0.692. The SMILES string of the molecule is CC(C)(C)OC(=O)N(c1ccc([N+](=O)[O-])c(O)c1)[C@@H]1CCNC1. The first-order valence-corrected chi connectivity index (χ1v) is 7.39. The van der Waals surface area contributed by atoms with Crippen LogP contribution in [-0.4, -0.2) is 40.9 Å².